The number of benzene rings is 1. The molecule has 134 valence electrons. The van der Waals surface area contributed by atoms with Crippen molar-refractivity contribution in [3.63, 3.8) is 0 Å². The van der Waals surface area contributed by atoms with E-state index >= 15 is 0 Å². The summed E-state index contributed by atoms with van der Waals surface area (Å²) < 4.78 is 0. The molecule has 1 aromatic carbocycles. The van der Waals surface area contributed by atoms with Gasteiger partial charge < -0.3 is 0 Å². The van der Waals surface area contributed by atoms with Crippen LogP contribution in [-0.2, 0) is 0 Å². The van der Waals surface area contributed by atoms with Gasteiger partial charge in [-0.25, -0.2) is 4.98 Å². The van der Waals surface area contributed by atoms with Crippen molar-refractivity contribution < 1.29 is 0 Å². The summed E-state index contributed by atoms with van der Waals surface area (Å²) in [5.74, 6) is 2.49. The molecule has 1 aromatic heterocycles. The van der Waals surface area contributed by atoms with Gasteiger partial charge in [-0.15, -0.1) is 0 Å². The maximum Gasteiger partial charge on any atom is 0.129 e. The van der Waals surface area contributed by atoms with Crippen LogP contribution < -0.4 is 0 Å². The Balaban J connectivity index is 1.59. The number of halogens is 1. The molecule has 1 atom stereocenters. The van der Waals surface area contributed by atoms with Gasteiger partial charge in [0, 0.05) is 11.8 Å². The van der Waals surface area contributed by atoms with Crippen LogP contribution in [-0.4, -0.2) is 4.98 Å². The molecular weight excluding hydrogens is 326 g/mol. The van der Waals surface area contributed by atoms with Gasteiger partial charge in [0.15, 0.2) is 0 Å². The van der Waals surface area contributed by atoms with E-state index in [1.54, 1.807) is 0 Å². The molecule has 2 aromatic rings. The molecular formula is C23H30ClN. The lowest BCUT2D eigenvalue weighted by molar-refractivity contribution is 0.237. The van der Waals surface area contributed by atoms with Gasteiger partial charge in [-0.05, 0) is 53.9 Å². The Morgan fingerprint density at radius 2 is 1.68 bits per heavy atom. The normalized spacial score (nSPS) is 21.9. The van der Waals surface area contributed by atoms with E-state index in [1.165, 1.54) is 56.1 Å². The van der Waals surface area contributed by atoms with E-state index < -0.39 is 0 Å². The molecule has 0 radical (unpaired) electrons. The second kappa shape index (κ2) is 8.85. The van der Waals surface area contributed by atoms with Gasteiger partial charge in [0.25, 0.3) is 0 Å². The molecule has 0 bridgehead atoms. The van der Waals surface area contributed by atoms with Gasteiger partial charge in [-0.2, -0.15) is 0 Å². The zero-order valence-electron chi connectivity index (χ0n) is 15.5. The Hall–Kier alpha value is -1.34. The topological polar surface area (TPSA) is 12.9 Å². The van der Waals surface area contributed by atoms with Crippen molar-refractivity contribution in [1.82, 2.24) is 4.98 Å². The van der Waals surface area contributed by atoms with Gasteiger partial charge in [0.2, 0.25) is 0 Å². The van der Waals surface area contributed by atoms with E-state index in [0.29, 0.717) is 11.1 Å². The lowest BCUT2D eigenvalue weighted by Crippen LogP contribution is -2.19. The minimum Gasteiger partial charge on any atom is -0.244 e. The van der Waals surface area contributed by atoms with Gasteiger partial charge in [0.05, 0.1) is 0 Å². The average molecular weight is 356 g/mol. The third kappa shape index (κ3) is 4.85. The van der Waals surface area contributed by atoms with Crippen LogP contribution in [0.2, 0.25) is 5.15 Å². The molecule has 2 heteroatoms. The monoisotopic (exact) mass is 355 g/mol. The summed E-state index contributed by atoms with van der Waals surface area (Å²) >= 11 is 5.88. The van der Waals surface area contributed by atoms with Crippen molar-refractivity contribution in [2.24, 2.45) is 11.8 Å². The number of nitrogens with zero attached hydrogens (tertiary/aromatic N) is 1. The lowest BCUT2D eigenvalue weighted by Gasteiger charge is -2.32. The Kier molecular flexibility index (Phi) is 6.53. The van der Waals surface area contributed by atoms with Crippen molar-refractivity contribution in [3.05, 3.63) is 53.3 Å². The molecule has 1 heterocycles. The maximum atomic E-state index is 5.88. The summed E-state index contributed by atoms with van der Waals surface area (Å²) in [5, 5.41) is 0.545. The predicted molar refractivity (Wildman–Crippen MR) is 108 cm³/mol. The first kappa shape index (κ1) is 18.5. The second-order valence-electron chi connectivity index (χ2n) is 7.70. The Morgan fingerprint density at radius 1 is 1.00 bits per heavy atom. The van der Waals surface area contributed by atoms with Crippen LogP contribution in [0.5, 0.6) is 0 Å². The molecule has 1 aliphatic carbocycles. The number of hydrogen-bond acceptors (Lipinski definition) is 1. The molecule has 0 N–H and O–H groups in total. The molecule has 0 saturated heterocycles. The Morgan fingerprint density at radius 3 is 2.28 bits per heavy atom. The zero-order chi connectivity index (χ0) is 17.6. The van der Waals surface area contributed by atoms with Crippen molar-refractivity contribution >= 4 is 11.6 Å². The number of unbranched alkanes of at least 4 members (excludes halogenated alkanes) is 1. The molecule has 25 heavy (non-hydrogen) atoms. The van der Waals surface area contributed by atoms with Gasteiger partial charge in [-0.3, -0.25) is 0 Å². The van der Waals surface area contributed by atoms with E-state index in [4.69, 9.17) is 11.6 Å². The SMILES string of the molecule is CCCCC1CCC(C(C)c2ccc(-c3ccc(Cl)nc3)cc2)CC1. The van der Waals surface area contributed by atoms with Crippen molar-refractivity contribution in [3.8, 4) is 11.1 Å². The third-order valence-electron chi connectivity index (χ3n) is 6.06. The van der Waals surface area contributed by atoms with Gasteiger partial charge in [0.1, 0.15) is 5.15 Å². The number of rotatable bonds is 6. The first-order valence-corrected chi connectivity index (χ1v) is 10.3. The number of pyridine rings is 1. The van der Waals surface area contributed by atoms with Crippen molar-refractivity contribution in [2.75, 3.05) is 0 Å². The summed E-state index contributed by atoms with van der Waals surface area (Å²) in [6.45, 7) is 4.72. The van der Waals surface area contributed by atoms with Crippen molar-refractivity contribution in [2.45, 2.75) is 64.7 Å². The highest BCUT2D eigenvalue weighted by atomic mass is 35.5. The fraction of sp³-hybridized carbons (Fsp3) is 0.522. The number of hydrogen-bond donors (Lipinski definition) is 0. The highest BCUT2D eigenvalue weighted by Crippen LogP contribution is 2.39. The number of aromatic nitrogens is 1. The maximum absolute atomic E-state index is 5.88. The Labute approximate surface area is 157 Å². The predicted octanol–water partition coefficient (Wildman–Crippen LogP) is 7.50. The van der Waals surface area contributed by atoms with E-state index in [9.17, 15) is 0 Å². The summed E-state index contributed by atoms with van der Waals surface area (Å²) in [5.41, 5.74) is 3.81. The van der Waals surface area contributed by atoms with E-state index in [0.717, 1.165) is 17.4 Å². The van der Waals surface area contributed by atoms with Crippen LogP contribution >= 0.6 is 11.6 Å². The van der Waals surface area contributed by atoms with E-state index in [2.05, 4.69) is 43.1 Å². The highest BCUT2D eigenvalue weighted by molar-refractivity contribution is 6.29. The van der Waals surface area contributed by atoms with Crippen LogP contribution in [0.3, 0.4) is 0 Å². The molecule has 0 aliphatic heterocycles. The smallest absolute Gasteiger partial charge is 0.129 e. The van der Waals surface area contributed by atoms with Crippen LogP contribution in [0.25, 0.3) is 11.1 Å². The fourth-order valence-corrected chi connectivity index (χ4v) is 4.38. The molecule has 1 nitrogen and oxygen atoms in total. The minimum atomic E-state index is 0.545. The van der Waals surface area contributed by atoms with Crippen molar-refractivity contribution in [1.29, 1.82) is 0 Å². The van der Waals surface area contributed by atoms with Crippen LogP contribution in [0.15, 0.2) is 42.6 Å². The largest absolute Gasteiger partial charge is 0.244 e. The molecule has 1 unspecified atom stereocenters. The summed E-state index contributed by atoms with van der Waals surface area (Å²) in [4.78, 5) is 4.18. The van der Waals surface area contributed by atoms with Crippen LogP contribution in [0, 0.1) is 11.8 Å². The van der Waals surface area contributed by atoms with Crippen LogP contribution in [0.4, 0.5) is 0 Å². The molecule has 1 aliphatic rings. The highest BCUT2D eigenvalue weighted by Gasteiger charge is 2.25. The average Bonchev–Trinajstić information content (AvgIpc) is 2.67. The summed E-state index contributed by atoms with van der Waals surface area (Å²) in [6.07, 6.45) is 11.7. The fourth-order valence-electron chi connectivity index (χ4n) is 4.27. The quantitative estimate of drug-likeness (QED) is 0.488. The van der Waals surface area contributed by atoms with Crippen LogP contribution in [0.1, 0.15) is 70.3 Å². The first-order valence-electron chi connectivity index (χ1n) is 9.89. The summed E-state index contributed by atoms with van der Waals surface area (Å²) in [6, 6.07) is 12.9. The Bertz CT molecular complexity index is 639. The van der Waals surface area contributed by atoms with E-state index in [-0.39, 0.29) is 0 Å². The molecule has 1 fully saturated rings. The van der Waals surface area contributed by atoms with Gasteiger partial charge >= 0.3 is 0 Å². The molecule has 0 spiro atoms. The van der Waals surface area contributed by atoms with Gasteiger partial charge in [-0.1, -0.05) is 81.8 Å². The standard InChI is InChI=1S/C23H30ClN/c1-3-4-5-18-6-8-19(9-7-18)17(2)20-10-12-21(13-11-20)22-14-15-23(24)25-16-22/h10-19H,3-9H2,1-2H3. The minimum absolute atomic E-state index is 0.545. The summed E-state index contributed by atoms with van der Waals surface area (Å²) in [7, 11) is 0. The molecule has 3 rings (SSSR count). The third-order valence-corrected chi connectivity index (χ3v) is 6.29. The zero-order valence-corrected chi connectivity index (χ0v) is 16.3. The van der Waals surface area contributed by atoms with E-state index in [1.807, 2.05) is 18.3 Å². The molecule has 0 amide bonds. The second-order valence-corrected chi connectivity index (χ2v) is 8.09. The lowest BCUT2D eigenvalue weighted by atomic mass is 9.73. The molecule has 1 saturated carbocycles. The first-order chi connectivity index (χ1) is 12.2.